The molecule has 1 N–H and O–H groups in total. The van der Waals surface area contributed by atoms with Gasteiger partial charge in [-0.1, -0.05) is 12.1 Å². The zero-order valence-electron chi connectivity index (χ0n) is 6.71. The average Bonchev–Trinajstić information content (AvgIpc) is 2.50. The van der Waals surface area contributed by atoms with Crippen LogP contribution in [0.3, 0.4) is 0 Å². The van der Waals surface area contributed by atoms with Crippen LogP contribution in [0.5, 0.6) is 0 Å². The van der Waals surface area contributed by atoms with Gasteiger partial charge in [0.1, 0.15) is 0 Å². The van der Waals surface area contributed by atoms with E-state index in [0.29, 0.717) is 0 Å². The number of nitrogens with one attached hydrogen (secondary N) is 1. The number of thiophene rings is 1. The predicted octanol–water partition coefficient (Wildman–Crippen LogP) is 2.41. The molecule has 0 saturated heterocycles. The molecule has 0 aliphatic rings. The normalized spacial score (nSPS) is 10.6. The van der Waals surface area contributed by atoms with Gasteiger partial charge in [0.15, 0.2) is 0 Å². The van der Waals surface area contributed by atoms with Crippen LogP contribution in [-0.4, -0.2) is 7.05 Å². The molecule has 0 unspecified atom stereocenters. The van der Waals surface area contributed by atoms with E-state index in [1.165, 1.54) is 4.88 Å². The lowest BCUT2D eigenvalue weighted by molar-refractivity contribution is 0.997. The molecule has 2 heteroatoms. The third-order valence-corrected chi connectivity index (χ3v) is 2.36. The zero-order chi connectivity index (χ0) is 7.94. The Morgan fingerprint density at radius 1 is 1.64 bits per heavy atom. The summed E-state index contributed by atoms with van der Waals surface area (Å²) in [6.45, 7) is 0. The molecule has 0 spiro atoms. The van der Waals surface area contributed by atoms with Crippen LogP contribution in [0.1, 0.15) is 11.3 Å². The van der Waals surface area contributed by atoms with Crippen molar-refractivity contribution < 1.29 is 0 Å². The first-order valence-corrected chi connectivity index (χ1v) is 4.66. The molecule has 0 saturated carbocycles. The fourth-order valence-corrected chi connectivity index (χ4v) is 1.61. The van der Waals surface area contributed by atoms with Crippen molar-refractivity contribution in [3.05, 3.63) is 34.7 Å². The fraction of sp³-hybridized carbons (Fsp3) is 0.333. The molecular formula is C9H13NS. The second kappa shape index (κ2) is 4.97. The van der Waals surface area contributed by atoms with Gasteiger partial charge < -0.3 is 5.32 Å². The van der Waals surface area contributed by atoms with Crippen LogP contribution in [0.25, 0.3) is 0 Å². The molecular weight excluding hydrogens is 154 g/mol. The highest BCUT2D eigenvalue weighted by Crippen LogP contribution is 2.10. The van der Waals surface area contributed by atoms with Gasteiger partial charge in [-0.05, 0) is 30.5 Å². The molecule has 0 aliphatic carbocycles. The molecule has 0 amide bonds. The number of rotatable bonds is 4. The maximum absolute atomic E-state index is 2.97. The van der Waals surface area contributed by atoms with Crippen molar-refractivity contribution in [1.82, 2.24) is 5.32 Å². The van der Waals surface area contributed by atoms with Crippen molar-refractivity contribution in [1.29, 1.82) is 0 Å². The summed E-state index contributed by atoms with van der Waals surface area (Å²) in [5.74, 6) is 0. The Kier molecular flexibility index (Phi) is 3.76. The number of aryl methyl sites for hydroxylation is 1. The minimum Gasteiger partial charge on any atom is -0.394 e. The maximum Gasteiger partial charge on any atom is 0.00483 e. The average molecular weight is 167 g/mol. The molecule has 1 heterocycles. The molecule has 0 atom stereocenters. The molecule has 1 aromatic rings. The summed E-state index contributed by atoms with van der Waals surface area (Å²) < 4.78 is 0. The highest BCUT2D eigenvalue weighted by molar-refractivity contribution is 7.09. The first-order valence-electron chi connectivity index (χ1n) is 3.78. The van der Waals surface area contributed by atoms with E-state index < -0.39 is 0 Å². The van der Waals surface area contributed by atoms with Crippen LogP contribution >= 0.6 is 11.3 Å². The maximum atomic E-state index is 2.97. The molecule has 0 aromatic carbocycles. The molecule has 1 rings (SSSR count). The van der Waals surface area contributed by atoms with E-state index in [1.807, 2.05) is 24.6 Å². The molecule has 0 bridgehead atoms. The minimum absolute atomic E-state index is 1.13. The van der Waals surface area contributed by atoms with Crippen molar-refractivity contribution in [2.24, 2.45) is 0 Å². The predicted molar refractivity (Wildman–Crippen MR) is 50.8 cm³/mol. The van der Waals surface area contributed by atoms with Crippen LogP contribution in [0.4, 0.5) is 0 Å². The number of allylic oxidation sites excluding steroid dienone is 1. The second-order valence-electron chi connectivity index (χ2n) is 2.31. The van der Waals surface area contributed by atoms with Gasteiger partial charge >= 0.3 is 0 Å². The molecule has 0 fully saturated rings. The third kappa shape index (κ3) is 3.23. The van der Waals surface area contributed by atoms with Crippen molar-refractivity contribution in [3.8, 4) is 0 Å². The van der Waals surface area contributed by atoms with E-state index in [1.54, 1.807) is 0 Å². The van der Waals surface area contributed by atoms with Crippen molar-refractivity contribution >= 4 is 11.3 Å². The standard InChI is InChI=1S/C9H13NS/c1-10-7-3-2-5-9-6-4-8-11-9/h3-4,6-8,10H,2,5H2,1H3. The topological polar surface area (TPSA) is 12.0 Å². The summed E-state index contributed by atoms with van der Waals surface area (Å²) in [4.78, 5) is 1.46. The van der Waals surface area contributed by atoms with E-state index in [4.69, 9.17) is 0 Å². The largest absolute Gasteiger partial charge is 0.394 e. The smallest absolute Gasteiger partial charge is 0.00483 e. The summed E-state index contributed by atoms with van der Waals surface area (Å²) in [5.41, 5.74) is 0. The monoisotopic (exact) mass is 167 g/mol. The Morgan fingerprint density at radius 2 is 2.55 bits per heavy atom. The summed E-state index contributed by atoms with van der Waals surface area (Å²) in [7, 11) is 1.92. The van der Waals surface area contributed by atoms with Crippen molar-refractivity contribution in [2.45, 2.75) is 12.8 Å². The van der Waals surface area contributed by atoms with Gasteiger partial charge in [-0.3, -0.25) is 0 Å². The highest BCUT2D eigenvalue weighted by atomic mass is 32.1. The SMILES string of the molecule is CNC=CCCc1cccs1. The van der Waals surface area contributed by atoms with Crippen LogP contribution in [-0.2, 0) is 6.42 Å². The minimum atomic E-state index is 1.13. The Labute approximate surface area is 71.8 Å². The number of hydrogen-bond acceptors (Lipinski definition) is 2. The molecule has 11 heavy (non-hydrogen) atoms. The first-order chi connectivity index (χ1) is 5.43. The Bertz CT molecular complexity index is 201. The summed E-state index contributed by atoms with van der Waals surface area (Å²) in [6, 6.07) is 4.28. The van der Waals surface area contributed by atoms with E-state index in [-0.39, 0.29) is 0 Å². The van der Waals surface area contributed by atoms with Crippen LogP contribution in [0.15, 0.2) is 29.8 Å². The van der Waals surface area contributed by atoms with Gasteiger partial charge in [-0.15, -0.1) is 11.3 Å². The highest BCUT2D eigenvalue weighted by Gasteiger charge is 1.89. The van der Waals surface area contributed by atoms with Gasteiger partial charge in [0.2, 0.25) is 0 Å². The van der Waals surface area contributed by atoms with Gasteiger partial charge in [-0.25, -0.2) is 0 Å². The lowest BCUT2D eigenvalue weighted by atomic mass is 10.2. The van der Waals surface area contributed by atoms with Gasteiger partial charge in [0.05, 0.1) is 0 Å². The van der Waals surface area contributed by atoms with Gasteiger partial charge in [-0.2, -0.15) is 0 Å². The molecule has 1 nitrogen and oxygen atoms in total. The van der Waals surface area contributed by atoms with Crippen molar-refractivity contribution in [3.63, 3.8) is 0 Å². The summed E-state index contributed by atoms with van der Waals surface area (Å²) in [6.07, 6.45) is 6.42. The fourth-order valence-electron chi connectivity index (χ4n) is 0.882. The zero-order valence-corrected chi connectivity index (χ0v) is 7.53. The lowest BCUT2D eigenvalue weighted by Crippen LogP contribution is -1.90. The quantitative estimate of drug-likeness (QED) is 0.726. The molecule has 0 aliphatic heterocycles. The Balaban J connectivity index is 2.19. The van der Waals surface area contributed by atoms with Crippen molar-refractivity contribution in [2.75, 3.05) is 7.05 Å². The van der Waals surface area contributed by atoms with E-state index in [9.17, 15) is 0 Å². The Hall–Kier alpha value is -0.760. The Morgan fingerprint density at radius 3 is 3.18 bits per heavy atom. The van der Waals surface area contributed by atoms with Gasteiger partial charge in [0.25, 0.3) is 0 Å². The van der Waals surface area contributed by atoms with E-state index in [2.05, 4.69) is 28.9 Å². The van der Waals surface area contributed by atoms with Crippen LogP contribution in [0, 0.1) is 0 Å². The van der Waals surface area contributed by atoms with Crippen LogP contribution in [0.2, 0.25) is 0 Å². The first kappa shape index (κ1) is 8.34. The molecule has 0 radical (unpaired) electrons. The van der Waals surface area contributed by atoms with Gasteiger partial charge in [0, 0.05) is 11.9 Å². The molecule has 1 aromatic heterocycles. The van der Waals surface area contributed by atoms with E-state index >= 15 is 0 Å². The molecule has 60 valence electrons. The second-order valence-corrected chi connectivity index (χ2v) is 3.34. The number of hydrogen-bond donors (Lipinski definition) is 1. The summed E-state index contributed by atoms with van der Waals surface area (Å²) in [5, 5.41) is 5.09. The third-order valence-electron chi connectivity index (χ3n) is 1.42. The van der Waals surface area contributed by atoms with Crippen LogP contribution < -0.4 is 5.32 Å². The van der Waals surface area contributed by atoms with E-state index in [0.717, 1.165) is 12.8 Å². The summed E-state index contributed by atoms with van der Waals surface area (Å²) >= 11 is 1.83. The lowest BCUT2D eigenvalue weighted by Gasteiger charge is -1.90.